The Balaban J connectivity index is 1.52. The summed E-state index contributed by atoms with van der Waals surface area (Å²) in [7, 11) is 0. The lowest BCUT2D eigenvalue weighted by Crippen LogP contribution is -3.13. The van der Waals surface area contributed by atoms with Gasteiger partial charge < -0.3 is 24.4 Å². The van der Waals surface area contributed by atoms with Gasteiger partial charge in [-0.2, -0.15) is 0 Å². The summed E-state index contributed by atoms with van der Waals surface area (Å²) in [5.74, 6) is 1.90. The molecule has 0 aromatic carbocycles. The van der Waals surface area contributed by atoms with Crippen LogP contribution in [0.15, 0.2) is 45.6 Å². The van der Waals surface area contributed by atoms with Crippen LogP contribution >= 0.6 is 12.2 Å². The molecular weight excluding hydrogens is 310 g/mol. The molecule has 0 aliphatic carbocycles. The molecule has 0 amide bonds. The largest absolute Gasteiger partial charge is 0.467 e. The standard InChI is InChI=1S/C17H23N3O2S/c23-17(18-12-14-6-4-10-21-14)19-13-15(16-7-5-11-22-16)20-8-2-1-3-9-20/h4-7,10-11,15H,1-3,8-9,12-13H2,(H2,18,19,23)/p+1/t15-/m0/s1. The van der Waals surface area contributed by atoms with E-state index < -0.39 is 0 Å². The van der Waals surface area contributed by atoms with Gasteiger partial charge in [0.05, 0.1) is 38.7 Å². The summed E-state index contributed by atoms with van der Waals surface area (Å²) in [6.45, 7) is 3.76. The van der Waals surface area contributed by atoms with Gasteiger partial charge in [0.15, 0.2) is 16.9 Å². The van der Waals surface area contributed by atoms with Gasteiger partial charge in [0.25, 0.3) is 0 Å². The first-order chi connectivity index (χ1) is 11.3. The first kappa shape index (κ1) is 16.1. The van der Waals surface area contributed by atoms with Crippen molar-refractivity contribution in [1.29, 1.82) is 0 Å². The second kappa shape index (κ2) is 8.17. The van der Waals surface area contributed by atoms with Crippen molar-refractivity contribution in [3.05, 3.63) is 48.3 Å². The first-order valence-corrected chi connectivity index (χ1v) is 8.66. The van der Waals surface area contributed by atoms with Crippen LogP contribution < -0.4 is 15.5 Å². The lowest BCUT2D eigenvalue weighted by molar-refractivity contribution is -0.936. The molecule has 3 heterocycles. The molecule has 124 valence electrons. The minimum absolute atomic E-state index is 0.300. The number of furan rings is 2. The SMILES string of the molecule is S=C(NCc1ccco1)NC[C@@H](c1ccco1)[NH+]1CCCCC1. The summed E-state index contributed by atoms with van der Waals surface area (Å²) in [6.07, 6.45) is 7.33. The van der Waals surface area contributed by atoms with Crippen molar-refractivity contribution < 1.29 is 13.7 Å². The number of piperidine rings is 1. The summed E-state index contributed by atoms with van der Waals surface area (Å²) in [4.78, 5) is 1.58. The van der Waals surface area contributed by atoms with Crippen LogP contribution in [-0.2, 0) is 6.54 Å². The maximum atomic E-state index is 5.66. The van der Waals surface area contributed by atoms with Crippen LogP contribution in [0.1, 0.15) is 36.8 Å². The Morgan fingerprint density at radius 2 is 1.87 bits per heavy atom. The third kappa shape index (κ3) is 4.59. The van der Waals surface area contributed by atoms with E-state index in [9.17, 15) is 0 Å². The molecule has 3 N–H and O–H groups in total. The van der Waals surface area contributed by atoms with Gasteiger partial charge in [-0.3, -0.25) is 0 Å². The number of hydrogen-bond donors (Lipinski definition) is 3. The Labute approximate surface area is 142 Å². The summed E-state index contributed by atoms with van der Waals surface area (Å²) in [5.41, 5.74) is 0. The summed E-state index contributed by atoms with van der Waals surface area (Å²) in [5, 5.41) is 7.15. The zero-order chi connectivity index (χ0) is 15.9. The average molecular weight is 334 g/mol. The minimum atomic E-state index is 0.300. The van der Waals surface area contributed by atoms with Gasteiger partial charge in [-0.05, 0) is 55.7 Å². The second-order valence-electron chi connectivity index (χ2n) is 5.93. The molecule has 5 nitrogen and oxygen atoms in total. The zero-order valence-electron chi connectivity index (χ0n) is 13.2. The van der Waals surface area contributed by atoms with E-state index in [2.05, 4.69) is 16.7 Å². The van der Waals surface area contributed by atoms with Crippen molar-refractivity contribution in [1.82, 2.24) is 10.6 Å². The first-order valence-electron chi connectivity index (χ1n) is 8.25. The van der Waals surface area contributed by atoms with Crippen LogP contribution in [0.25, 0.3) is 0 Å². The Kier molecular flexibility index (Phi) is 5.71. The number of hydrogen-bond acceptors (Lipinski definition) is 3. The van der Waals surface area contributed by atoms with Crippen LogP contribution in [0.3, 0.4) is 0 Å². The predicted molar refractivity (Wildman–Crippen MR) is 92.1 cm³/mol. The molecule has 1 aliphatic heterocycles. The summed E-state index contributed by atoms with van der Waals surface area (Å²) >= 11 is 5.37. The highest BCUT2D eigenvalue weighted by atomic mass is 32.1. The molecule has 1 atom stereocenters. The minimum Gasteiger partial charge on any atom is -0.467 e. The molecule has 6 heteroatoms. The molecule has 0 radical (unpaired) electrons. The molecular formula is C17H24N3O2S+. The van der Waals surface area contributed by atoms with Gasteiger partial charge in [-0.25, -0.2) is 0 Å². The van der Waals surface area contributed by atoms with E-state index in [1.807, 2.05) is 18.2 Å². The molecule has 1 aliphatic rings. The molecule has 2 aromatic heterocycles. The highest BCUT2D eigenvalue weighted by Crippen LogP contribution is 2.11. The van der Waals surface area contributed by atoms with Gasteiger partial charge >= 0.3 is 0 Å². The van der Waals surface area contributed by atoms with Crippen molar-refractivity contribution in [2.24, 2.45) is 0 Å². The van der Waals surface area contributed by atoms with Crippen molar-refractivity contribution in [3.63, 3.8) is 0 Å². The zero-order valence-corrected chi connectivity index (χ0v) is 14.0. The molecule has 3 rings (SSSR count). The molecule has 1 saturated heterocycles. The number of quaternary nitrogens is 1. The Bertz CT molecular complexity index is 577. The van der Waals surface area contributed by atoms with Crippen LogP contribution in [0.2, 0.25) is 0 Å². The molecule has 0 unspecified atom stereocenters. The average Bonchev–Trinajstić information content (AvgIpc) is 3.28. The molecule has 23 heavy (non-hydrogen) atoms. The lowest BCUT2D eigenvalue weighted by Gasteiger charge is -2.30. The molecule has 1 fully saturated rings. The fourth-order valence-electron chi connectivity index (χ4n) is 3.13. The Hall–Kier alpha value is -1.79. The number of nitrogens with one attached hydrogen (secondary N) is 3. The van der Waals surface area contributed by atoms with E-state index in [0.29, 0.717) is 17.7 Å². The predicted octanol–water partition coefficient (Wildman–Crippen LogP) is 1.65. The van der Waals surface area contributed by atoms with E-state index in [0.717, 1.165) is 18.1 Å². The summed E-state index contributed by atoms with van der Waals surface area (Å²) < 4.78 is 11.0. The van der Waals surface area contributed by atoms with Gasteiger partial charge in [0, 0.05) is 0 Å². The van der Waals surface area contributed by atoms with Crippen molar-refractivity contribution in [2.75, 3.05) is 19.6 Å². The highest BCUT2D eigenvalue weighted by Gasteiger charge is 2.28. The Morgan fingerprint density at radius 3 is 2.57 bits per heavy atom. The topological polar surface area (TPSA) is 54.8 Å². The van der Waals surface area contributed by atoms with E-state index in [1.165, 1.54) is 32.4 Å². The Morgan fingerprint density at radius 1 is 1.09 bits per heavy atom. The fourth-order valence-corrected chi connectivity index (χ4v) is 3.28. The monoisotopic (exact) mass is 334 g/mol. The van der Waals surface area contributed by atoms with Gasteiger partial charge in [0.1, 0.15) is 5.76 Å². The number of rotatable bonds is 6. The lowest BCUT2D eigenvalue weighted by atomic mass is 10.1. The molecule has 0 bridgehead atoms. The van der Waals surface area contributed by atoms with Gasteiger partial charge in [-0.15, -0.1) is 0 Å². The van der Waals surface area contributed by atoms with E-state index in [1.54, 1.807) is 17.4 Å². The quantitative estimate of drug-likeness (QED) is 0.702. The summed E-state index contributed by atoms with van der Waals surface area (Å²) in [6, 6.07) is 8.12. The second-order valence-corrected chi connectivity index (χ2v) is 6.34. The maximum Gasteiger partial charge on any atom is 0.166 e. The molecule has 0 saturated carbocycles. The highest BCUT2D eigenvalue weighted by molar-refractivity contribution is 7.80. The van der Waals surface area contributed by atoms with Crippen LogP contribution in [0, 0.1) is 0 Å². The van der Waals surface area contributed by atoms with Crippen LogP contribution in [0.5, 0.6) is 0 Å². The van der Waals surface area contributed by atoms with Crippen LogP contribution in [-0.4, -0.2) is 24.7 Å². The van der Waals surface area contributed by atoms with Gasteiger partial charge in [0.2, 0.25) is 0 Å². The number of thiocarbonyl (C=S) groups is 1. The van der Waals surface area contributed by atoms with Crippen molar-refractivity contribution in [2.45, 2.75) is 31.8 Å². The maximum absolute atomic E-state index is 5.66. The fraction of sp³-hybridized carbons (Fsp3) is 0.471. The molecule has 0 spiro atoms. The third-order valence-electron chi connectivity index (χ3n) is 4.35. The third-order valence-corrected chi connectivity index (χ3v) is 4.63. The van der Waals surface area contributed by atoms with Gasteiger partial charge in [-0.1, -0.05) is 0 Å². The van der Waals surface area contributed by atoms with Crippen LogP contribution in [0.4, 0.5) is 0 Å². The van der Waals surface area contributed by atoms with E-state index in [4.69, 9.17) is 21.1 Å². The molecule has 2 aromatic rings. The smallest absolute Gasteiger partial charge is 0.166 e. The van der Waals surface area contributed by atoms with Crippen molar-refractivity contribution in [3.8, 4) is 0 Å². The van der Waals surface area contributed by atoms with Crippen molar-refractivity contribution >= 4 is 17.3 Å². The van der Waals surface area contributed by atoms with E-state index >= 15 is 0 Å². The van der Waals surface area contributed by atoms with E-state index in [-0.39, 0.29) is 0 Å². The number of likely N-dealkylation sites (tertiary alicyclic amines) is 1. The normalized spacial score (nSPS) is 16.9.